The number of ether oxygens (including phenoxy) is 1. The Morgan fingerprint density at radius 1 is 1.09 bits per heavy atom. The van der Waals surface area contributed by atoms with Crippen LogP contribution >= 0.6 is 12.4 Å². The van der Waals surface area contributed by atoms with Crippen molar-refractivity contribution in [3.8, 4) is 5.75 Å². The molecule has 0 aromatic heterocycles. The molecular weight excluding hydrogens is 312 g/mol. The minimum atomic E-state index is -0.0786. The first-order valence-electron chi connectivity index (χ1n) is 7.43. The molecule has 0 bridgehead atoms. The van der Waals surface area contributed by atoms with Crippen LogP contribution in [0.2, 0.25) is 0 Å². The van der Waals surface area contributed by atoms with Crippen LogP contribution in [0.3, 0.4) is 0 Å². The largest absolute Gasteiger partial charge is 0.494 e. The molecule has 0 saturated heterocycles. The lowest BCUT2D eigenvalue weighted by Gasteiger charge is -2.12. The van der Waals surface area contributed by atoms with Crippen LogP contribution < -0.4 is 15.4 Å². The summed E-state index contributed by atoms with van der Waals surface area (Å²) in [5.41, 5.74) is 4.12. The van der Waals surface area contributed by atoms with Crippen LogP contribution in [0.4, 0.5) is 11.4 Å². The highest BCUT2D eigenvalue weighted by Gasteiger charge is 2.05. The third-order valence-electron chi connectivity index (χ3n) is 3.49. The van der Waals surface area contributed by atoms with Gasteiger partial charge in [-0.1, -0.05) is 12.1 Å². The number of nitrogens with one attached hydrogen (secondary N) is 2. The minimum absolute atomic E-state index is 0. The molecule has 4 nitrogen and oxygen atoms in total. The second-order valence-corrected chi connectivity index (χ2v) is 5.11. The molecule has 0 aliphatic rings. The molecule has 0 aliphatic heterocycles. The molecule has 5 heteroatoms. The maximum Gasteiger partial charge on any atom is 0.243 e. The highest BCUT2D eigenvalue weighted by Crippen LogP contribution is 2.18. The first-order chi connectivity index (χ1) is 10.6. The van der Waals surface area contributed by atoms with Gasteiger partial charge in [0.25, 0.3) is 0 Å². The summed E-state index contributed by atoms with van der Waals surface area (Å²) in [6, 6.07) is 13.4. The van der Waals surface area contributed by atoms with Crippen molar-refractivity contribution in [2.24, 2.45) is 0 Å². The number of benzene rings is 2. The Morgan fingerprint density at radius 3 is 2.43 bits per heavy atom. The highest BCUT2D eigenvalue weighted by molar-refractivity contribution is 5.93. The lowest BCUT2D eigenvalue weighted by Crippen LogP contribution is -2.22. The van der Waals surface area contributed by atoms with Gasteiger partial charge in [0.1, 0.15) is 5.75 Å². The number of rotatable bonds is 6. The Labute approximate surface area is 143 Å². The van der Waals surface area contributed by atoms with E-state index >= 15 is 0 Å². The minimum Gasteiger partial charge on any atom is -0.494 e. The van der Waals surface area contributed by atoms with E-state index in [-0.39, 0.29) is 24.9 Å². The summed E-state index contributed by atoms with van der Waals surface area (Å²) in [4.78, 5) is 12.0. The summed E-state index contributed by atoms with van der Waals surface area (Å²) in [5, 5.41) is 6.03. The van der Waals surface area contributed by atoms with Crippen molar-refractivity contribution in [3.63, 3.8) is 0 Å². The fraction of sp³-hybridized carbons (Fsp3) is 0.278. The van der Waals surface area contributed by atoms with E-state index in [1.165, 1.54) is 5.56 Å². The zero-order chi connectivity index (χ0) is 15.9. The van der Waals surface area contributed by atoms with Gasteiger partial charge in [0, 0.05) is 11.4 Å². The summed E-state index contributed by atoms with van der Waals surface area (Å²) in [7, 11) is 0. The number of anilines is 2. The van der Waals surface area contributed by atoms with Crippen molar-refractivity contribution in [3.05, 3.63) is 53.6 Å². The van der Waals surface area contributed by atoms with E-state index in [0.717, 1.165) is 22.7 Å². The molecule has 2 aromatic rings. The van der Waals surface area contributed by atoms with Gasteiger partial charge >= 0.3 is 0 Å². The number of aryl methyl sites for hydroxylation is 1. The molecule has 1 amide bonds. The van der Waals surface area contributed by atoms with Gasteiger partial charge < -0.3 is 15.4 Å². The average Bonchev–Trinajstić information content (AvgIpc) is 2.51. The van der Waals surface area contributed by atoms with Crippen molar-refractivity contribution in [2.45, 2.75) is 20.8 Å². The van der Waals surface area contributed by atoms with Crippen LogP contribution in [0.1, 0.15) is 18.1 Å². The molecule has 2 rings (SSSR count). The van der Waals surface area contributed by atoms with Gasteiger partial charge in [-0.2, -0.15) is 0 Å². The zero-order valence-corrected chi connectivity index (χ0v) is 14.5. The standard InChI is InChI=1S/C18H22N2O2.ClH/c1-4-22-16-10-8-15(9-11-16)20-18(21)12-19-17-7-5-6-13(2)14(17)3;/h5-11,19H,4,12H2,1-3H3,(H,20,21);1H. The van der Waals surface area contributed by atoms with E-state index in [4.69, 9.17) is 4.74 Å². The average molecular weight is 335 g/mol. The number of carbonyl (C=O) groups is 1. The molecule has 0 radical (unpaired) electrons. The van der Waals surface area contributed by atoms with Crippen LogP contribution in [-0.4, -0.2) is 19.1 Å². The van der Waals surface area contributed by atoms with Crippen molar-refractivity contribution in [1.29, 1.82) is 0 Å². The Balaban J connectivity index is 0.00000264. The van der Waals surface area contributed by atoms with Crippen LogP contribution in [0, 0.1) is 13.8 Å². The van der Waals surface area contributed by atoms with Gasteiger partial charge in [0.2, 0.25) is 5.91 Å². The molecule has 0 aliphatic carbocycles. The molecule has 0 fully saturated rings. The van der Waals surface area contributed by atoms with Crippen LogP contribution in [-0.2, 0) is 4.79 Å². The van der Waals surface area contributed by atoms with Crippen molar-refractivity contribution >= 4 is 29.7 Å². The van der Waals surface area contributed by atoms with Gasteiger partial charge in [-0.25, -0.2) is 0 Å². The van der Waals surface area contributed by atoms with Gasteiger partial charge in [0.15, 0.2) is 0 Å². The SMILES string of the molecule is CCOc1ccc(NC(=O)CNc2cccc(C)c2C)cc1.Cl. The second kappa shape index (κ2) is 9.06. The molecule has 2 aromatic carbocycles. The van der Waals surface area contributed by atoms with Crippen molar-refractivity contribution in [1.82, 2.24) is 0 Å². The summed E-state index contributed by atoms with van der Waals surface area (Å²) in [5.74, 6) is 0.721. The van der Waals surface area contributed by atoms with E-state index in [9.17, 15) is 4.79 Å². The lowest BCUT2D eigenvalue weighted by molar-refractivity contribution is -0.114. The van der Waals surface area contributed by atoms with Crippen LogP contribution in [0.5, 0.6) is 5.75 Å². The third kappa shape index (κ3) is 5.49. The normalized spacial score (nSPS) is 9.70. The Bertz CT molecular complexity index is 642. The van der Waals surface area contributed by atoms with Gasteiger partial charge in [-0.15, -0.1) is 12.4 Å². The highest BCUT2D eigenvalue weighted by atomic mass is 35.5. The summed E-state index contributed by atoms with van der Waals surface area (Å²) < 4.78 is 5.37. The van der Waals surface area contributed by atoms with Gasteiger partial charge in [0.05, 0.1) is 13.2 Å². The summed E-state index contributed by atoms with van der Waals surface area (Å²) in [6.07, 6.45) is 0. The Hall–Kier alpha value is -2.20. The number of amides is 1. The first-order valence-corrected chi connectivity index (χ1v) is 7.43. The number of hydrogen-bond acceptors (Lipinski definition) is 3. The molecule has 124 valence electrons. The molecule has 2 N–H and O–H groups in total. The molecule has 0 spiro atoms. The molecule has 0 unspecified atom stereocenters. The van der Waals surface area contributed by atoms with E-state index in [2.05, 4.69) is 23.6 Å². The quantitative estimate of drug-likeness (QED) is 0.833. The van der Waals surface area contributed by atoms with E-state index in [0.29, 0.717) is 6.61 Å². The third-order valence-corrected chi connectivity index (χ3v) is 3.49. The smallest absolute Gasteiger partial charge is 0.243 e. The topological polar surface area (TPSA) is 50.4 Å². The molecular formula is C18H23ClN2O2. The molecule has 0 saturated carbocycles. The van der Waals surface area contributed by atoms with Gasteiger partial charge in [-0.05, 0) is 62.2 Å². The van der Waals surface area contributed by atoms with Gasteiger partial charge in [-0.3, -0.25) is 4.79 Å². The van der Waals surface area contributed by atoms with Crippen LogP contribution in [0.25, 0.3) is 0 Å². The lowest BCUT2D eigenvalue weighted by atomic mass is 10.1. The number of carbonyl (C=O) groups excluding carboxylic acids is 1. The fourth-order valence-corrected chi connectivity index (χ4v) is 2.12. The van der Waals surface area contributed by atoms with Crippen molar-refractivity contribution in [2.75, 3.05) is 23.8 Å². The number of hydrogen-bond donors (Lipinski definition) is 2. The summed E-state index contributed by atoms with van der Waals surface area (Å²) in [6.45, 7) is 6.90. The molecule has 0 heterocycles. The predicted octanol–water partition coefficient (Wildman–Crippen LogP) is 4.17. The summed E-state index contributed by atoms with van der Waals surface area (Å²) >= 11 is 0. The maximum atomic E-state index is 12.0. The number of halogens is 1. The maximum absolute atomic E-state index is 12.0. The molecule has 0 atom stereocenters. The Kier molecular flexibility index (Phi) is 7.42. The van der Waals surface area contributed by atoms with Crippen LogP contribution in [0.15, 0.2) is 42.5 Å². The zero-order valence-electron chi connectivity index (χ0n) is 13.7. The predicted molar refractivity (Wildman–Crippen MR) is 97.9 cm³/mol. The monoisotopic (exact) mass is 334 g/mol. The Morgan fingerprint density at radius 2 is 1.78 bits per heavy atom. The second-order valence-electron chi connectivity index (χ2n) is 5.11. The fourth-order valence-electron chi connectivity index (χ4n) is 2.12. The first kappa shape index (κ1) is 18.8. The van der Waals surface area contributed by atoms with E-state index in [1.807, 2.05) is 50.2 Å². The molecule has 23 heavy (non-hydrogen) atoms. The van der Waals surface area contributed by atoms with Crippen molar-refractivity contribution < 1.29 is 9.53 Å². The van der Waals surface area contributed by atoms with E-state index < -0.39 is 0 Å². The van der Waals surface area contributed by atoms with E-state index in [1.54, 1.807) is 0 Å².